The third kappa shape index (κ3) is 4.37. The zero-order valence-electron chi connectivity index (χ0n) is 14.4. The van der Waals surface area contributed by atoms with E-state index in [1.54, 1.807) is 29.2 Å². The first-order chi connectivity index (χ1) is 12.0. The molecule has 0 spiro atoms. The molecule has 1 aliphatic rings. The molecule has 132 valence electrons. The molecule has 0 bridgehead atoms. The van der Waals surface area contributed by atoms with Crippen LogP contribution in [-0.4, -0.2) is 36.1 Å². The maximum Gasteiger partial charge on any atom is 0.257 e. The average molecular weight is 343 g/mol. The van der Waals surface area contributed by atoms with E-state index in [-0.39, 0.29) is 30.5 Å². The minimum absolute atomic E-state index is 0.0139. The van der Waals surface area contributed by atoms with E-state index in [9.17, 15) is 9.18 Å². The number of morpholine rings is 1. The van der Waals surface area contributed by atoms with Crippen molar-refractivity contribution in [2.24, 2.45) is 0 Å². The predicted octanol–water partition coefficient (Wildman–Crippen LogP) is 3.65. The van der Waals surface area contributed by atoms with Gasteiger partial charge in [-0.05, 0) is 43.7 Å². The number of para-hydroxylation sites is 1. The van der Waals surface area contributed by atoms with Gasteiger partial charge < -0.3 is 14.4 Å². The van der Waals surface area contributed by atoms with Crippen LogP contribution in [0.15, 0.2) is 48.5 Å². The Bertz CT molecular complexity index is 722. The summed E-state index contributed by atoms with van der Waals surface area (Å²) in [6.45, 7) is 5.34. The summed E-state index contributed by atoms with van der Waals surface area (Å²) in [5.74, 6) is 0.190. The molecular weight excluding hydrogens is 321 g/mol. The molecule has 1 fully saturated rings. The molecule has 0 N–H and O–H groups in total. The summed E-state index contributed by atoms with van der Waals surface area (Å²) in [7, 11) is 0. The predicted molar refractivity (Wildman–Crippen MR) is 93.1 cm³/mol. The van der Waals surface area contributed by atoms with Gasteiger partial charge in [-0.15, -0.1) is 0 Å². The van der Waals surface area contributed by atoms with Gasteiger partial charge in [0.2, 0.25) is 0 Å². The highest BCUT2D eigenvalue weighted by Gasteiger charge is 2.28. The second kappa shape index (κ2) is 7.66. The quantitative estimate of drug-likeness (QED) is 0.850. The fourth-order valence-electron chi connectivity index (χ4n) is 3.02. The van der Waals surface area contributed by atoms with Crippen LogP contribution in [0.2, 0.25) is 0 Å². The fourth-order valence-corrected chi connectivity index (χ4v) is 3.02. The van der Waals surface area contributed by atoms with Crippen molar-refractivity contribution in [1.29, 1.82) is 0 Å². The number of carbonyl (C=O) groups excluding carboxylic acids is 1. The summed E-state index contributed by atoms with van der Waals surface area (Å²) in [6.07, 6.45) is 0.0278. The van der Waals surface area contributed by atoms with Crippen LogP contribution < -0.4 is 4.74 Å². The molecule has 2 aromatic carbocycles. The van der Waals surface area contributed by atoms with Gasteiger partial charge in [-0.1, -0.05) is 24.3 Å². The van der Waals surface area contributed by atoms with Crippen molar-refractivity contribution in [2.75, 3.05) is 13.1 Å². The Hall–Kier alpha value is -2.40. The molecule has 0 radical (unpaired) electrons. The fraction of sp³-hybridized carbons (Fsp3) is 0.350. The van der Waals surface area contributed by atoms with Gasteiger partial charge in [-0.3, -0.25) is 4.79 Å². The lowest BCUT2D eigenvalue weighted by molar-refractivity contribution is -0.0586. The summed E-state index contributed by atoms with van der Waals surface area (Å²) < 4.78 is 24.5. The monoisotopic (exact) mass is 343 g/mol. The second-order valence-corrected chi connectivity index (χ2v) is 6.38. The van der Waals surface area contributed by atoms with Crippen molar-refractivity contribution in [2.45, 2.75) is 32.7 Å². The summed E-state index contributed by atoms with van der Waals surface area (Å²) in [5, 5.41) is 0. The number of nitrogens with zero attached hydrogens (tertiary/aromatic N) is 1. The lowest BCUT2D eigenvalue weighted by atomic mass is 10.1. The first kappa shape index (κ1) is 17.4. The summed E-state index contributed by atoms with van der Waals surface area (Å²) in [5.41, 5.74) is 1.38. The van der Waals surface area contributed by atoms with Crippen molar-refractivity contribution >= 4 is 5.91 Å². The van der Waals surface area contributed by atoms with Gasteiger partial charge >= 0.3 is 0 Å². The van der Waals surface area contributed by atoms with E-state index in [0.29, 0.717) is 24.4 Å². The zero-order valence-corrected chi connectivity index (χ0v) is 14.4. The van der Waals surface area contributed by atoms with Gasteiger partial charge in [0.25, 0.3) is 5.91 Å². The Morgan fingerprint density at radius 2 is 1.76 bits per heavy atom. The van der Waals surface area contributed by atoms with E-state index in [2.05, 4.69) is 0 Å². The van der Waals surface area contributed by atoms with Crippen LogP contribution in [0.25, 0.3) is 0 Å². The SMILES string of the molecule is CC1CN(C(=O)c2ccccc2OCc2ccc(F)cc2)CC(C)O1. The first-order valence-electron chi connectivity index (χ1n) is 8.44. The number of benzene rings is 2. The van der Waals surface area contributed by atoms with Crippen molar-refractivity contribution in [3.8, 4) is 5.75 Å². The topological polar surface area (TPSA) is 38.8 Å². The van der Waals surface area contributed by atoms with Gasteiger partial charge in [0.15, 0.2) is 0 Å². The van der Waals surface area contributed by atoms with Crippen LogP contribution in [0.4, 0.5) is 4.39 Å². The molecule has 4 nitrogen and oxygen atoms in total. The molecule has 0 aliphatic carbocycles. The number of ether oxygens (including phenoxy) is 2. The highest BCUT2D eigenvalue weighted by atomic mass is 19.1. The van der Waals surface area contributed by atoms with Crippen molar-refractivity contribution in [1.82, 2.24) is 4.90 Å². The minimum atomic E-state index is -0.283. The van der Waals surface area contributed by atoms with Gasteiger partial charge in [0, 0.05) is 13.1 Å². The molecular formula is C20H22FNO3. The van der Waals surface area contributed by atoms with Crippen molar-refractivity contribution in [3.05, 3.63) is 65.5 Å². The Morgan fingerprint density at radius 3 is 2.44 bits per heavy atom. The molecule has 25 heavy (non-hydrogen) atoms. The number of amides is 1. The Labute approximate surface area is 147 Å². The normalized spacial score (nSPS) is 20.4. The molecule has 1 saturated heterocycles. The average Bonchev–Trinajstić information content (AvgIpc) is 2.60. The van der Waals surface area contributed by atoms with Crippen LogP contribution in [-0.2, 0) is 11.3 Å². The molecule has 2 aromatic rings. The molecule has 5 heteroatoms. The maximum atomic E-state index is 13.0. The number of halogens is 1. The zero-order chi connectivity index (χ0) is 17.8. The lowest BCUT2D eigenvalue weighted by Gasteiger charge is -2.35. The molecule has 1 aliphatic heterocycles. The van der Waals surface area contributed by atoms with Gasteiger partial charge in [0.05, 0.1) is 17.8 Å². The first-order valence-corrected chi connectivity index (χ1v) is 8.44. The molecule has 2 unspecified atom stereocenters. The Morgan fingerprint density at radius 1 is 1.12 bits per heavy atom. The number of carbonyl (C=O) groups is 1. The minimum Gasteiger partial charge on any atom is -0.488 e. The summed E-state index contributed by atoms with van der Waals surface area (Å²) >= 11 is 0. The Balaban J connectivity index is 1.73. The molecule has 0 aromatic heterocycles. The smallest absolute Gasteiger partial charge is 0.257 e. The summed E-state index contributed by atoms with van der Waals surface area (Å²) in [4.78, 5) is 14.7. The van der Waals surface area contributed by atoms with E-state index < -0.39 is 0 Å². The van der Waals surface area contributed by atoms with E-state index in [4.69, 9.17) is 9.47 Å². The van der Waals surface area contributed by atoms with Crippen molar-refractivity contribution < 1.29 is 18.7 Å². The standard InChI is InChI=1S/C20H22FNO3/c1-14-11-22(12-15(2)25-14)20(23)18-5-3-4-6-19(18)24-13-16-7-9-17(21)10-8-16/h3-10,14-15H,11-13H2,1-2H3. The Kier molecular flexibility index (Phi) is 5.34. The van der Waals surface area contributed by atoms with Crippen LogP contribution >= 0.6 is 0 Å². The van der Waals surface area contributed by atoms with Gasteiger partial charge in [-0.25, -0.2) is 4.39 Å². The highest BCUT2D eigenvalue weighted by Crippen LogP contribution is 2.23. The number of rotatable bonds is 4. The van der Waals surface area contributed by atoms with Crippen LogP contribution in [0.5, 0.6) is 5.75 Å². The van der Waals surface area contributed by atoms with E-state index in [1.807, 2.05) is 26.0 Å². The number of hydrogen-bond donors (Lipinski definition) is 0. The van der Waals surface area contributed by atoms with Crippen LogP contribution in [0, 0.1) is 5.82 Å². The second-order valence-electron chi connectivity index (χ2n) is 6.38. The number of hydrogen-bond acceptors (Lipinski definition) is 3. The molecule has 0 saturated carbocycles. The van der Waals surface area contributed by atoms with E-state index in [1.165, 1.54) is 12.1 Å². The van der Waals surface area contributed by atoms with E-state index >= 15 is 0 Å². The summed E-state index contributed by atoms with van der Waals surface area (Å²) in [6, 6.07) is 13.3. The van der Waals surface area contributed by atoms with Crippen molar-refractivity contribution in [3.63, 3.8) is 0 Å². The largest absolute Gasteiger partial charge is 0.488 e. The van der Waals surface area contributed by atoms with Crippen LogP contribution in [0.3, 0.4) is 0 Å². The van der Waals surface area contributed by atoms with Gasteiger partial charge in [0.1, 0.15) is 18.2 Å². The molecule has 2 atom stereocenters. The van der Waals surface area contributed by atoms with E-state index in [0.717, 1.165) is 5.56 Å². The molecule has 3 rings (SSSR count). The third-order valence-corrected chi connectivity index (χ3v) is 4.13. The highest BCUT2D eigenvalue weighted by molar-refractivity contribution is 5.97. The molecule has 1 amide bonds. The van der Waals surface area contributed by atoms with Gasteiger partial charge in [-0.2, -0.15) is 0 Å². The van der Waals surface area contributed by atoms with Crippen LogP contribution in [0.1, 0.15) is 29.8 Å². The lowest BCUT2D eigenvalue weighted by Crippen LogP contribution is -2.48. The molecule has 1 heterocycles. The third-order valence-electron chi connectivity index (χ3n) is 4.13. The maximum absolute atomic E-state index is 13.0.